The predicted molar refractivity (Wildman–Crippen MR) is 74.1 cm³/mol. The zero-order chi connectivity index (χ0) is 14.3. The Hall–Kier alpha value is -1.75. The van der Waals surface area contributed by atoms with Gasteiger partial charge in [0.1, 0.15) is 0 Å². The molecule has 1 aromatic rings. The minimum absolute atomic E-state index is 0.265. The number of nitrogens with one attached hydrogen (secondary N) is 1. The molecule has 3 N–H and O–H groups in total. The van der Waals surface area contributed by atoms with Crippen molar-refractivity contribution in [3.8, 4) is 0 Å². The molecule has 0 saturated heterocycles. The monoisotopic (exact) mass is 284 g/mol. The van der Waals surface area contributed by atoms with E-state index in [0.29, 0.717) is 35.8 Å². The van der Waals surface area contributed by atoms with E-state index in [4.69, 9.17) is 22.1 Å². The van der Waals surface area contributed by atoms with Gasteiger partial charge in [0.25, 0.3) is 5.91 Å². The van der Waals surface area contributed by atoms with Crippen molar-refractivity contribution in [3.63, 3.8) is 0 Å². The SMILES string of the molecule is CCOC(=O)CCCNC(=O)c1cc(N)ccc1Cl. The van der Waals surface area contributed by atoms with Crippen LogP contribution in [0.5, 0.6) is 0 Å². The molecule has 0 spiro atoms. The van der Waals surface area contributed by atoms with Gasteiger partial charge in [-0.15, -0.1) is 0 Å². The fraction of sp³-hybridized carbons (Fsp3) is 0.385. The second-order valence-corrected chi connectivity index (χ2v) is 4.31. The molecule has 0 bridgehead atoms. The summed E-state index contributed by atoms with van der Waals surface area (Å²) in [5.74, 6) is -0.570. The summed E-state index contributed by atoms with van der Waals surface area (Å²) >= 11 is 5.91. The quantitative estimate of drug-likeness (QED) is 0.475. The first-order valence-corrected chi connectivity index (χ1v) is 6.41. The van der Waals surface area contributed by atoms with Gasteiger partial charge in [0, 0.05) is 18.7 Å². The Labute approximate surface area is 117 Å². The zero-order valence-electron chi connectivity index (χ0n) is 10.7. The maximum atomic E-state index is 11.8. The second-order valence-electron chi connectivity index (χ2n) is 3.90. The summed E-state index contributed by atoms with van der Waals surface area (Å²) in [7, 11) is 0. The Balaban J connectivity index is 2.39. The Morgan fingerprint density at radius 1 is 1.42 bits per heavy atom. The molecule has 0 atom stereocenters. The van der Waals surface area contributed by atoms with Gasteiger partial charge in [-0.2, -0.15) is 0 Å². The van der Waals surface area contributed by atoms with Crippen molar-refractivity contribution >= 4 is 29.2 Å². The molecule has 1 amide bonds. The number of hydrogen-bond acceptors (Lipinski definition) is 4. The summed E-state index contributed by atoms with van der Waals surface area (Å²) in [6.45, 7) is 2.49. The summed E-state index contributed by atoms with van der Waals surface area (Å²) in [6.07, 6.45) is 0.795. The van der Waals surface area contributed by atoms with Gasteiger partial charge >= 0.3 is 5.97 Å². The molecular weight excluding hydrogens is 268 g/mol. The molecule has 0 aliphatic rings. The number of carbonyl (C=O) groups excluding carboxylic acids is 2. The number of nitrogen functional groups attached to an aromatic ring is 1. The lowest BCUT2D eigenvalue weighted by Gasteiger charge is -2.07. The Morgan fingerprint density at radius 3 is 2.84 bits per heavy atom. The van der Waals surface area contributed by atoms with E-state index in [0.717, 1.165) is 0 Å². The highest BCUT2D eigenvalue weighted by molar-refractivity contribution is 6.34. The molecule has 5 nitrogen and oxygen atoms in total. The number of carbonyl (C=O) groups is 2. The highest BCUT2D eigenvalue weighted by Gasteiger charge is 2.10. The molecule has 0 aromatic heterocycles. The third kappa shape index (κ3) is 5.18. The van der Waals surface area contributed by atoms with Gasteiger partial charge in [-0.3, -0.25) is 9.59 Å². The van der Waals surface area contributed by atoms with Gasteiger partial charge in [-0.05, 0) is 31.5 Å². The molecule has 0 fully saturated rings. The number of anilines is 1. The summed E-state index contributed by atoms with van der Waals surface area (Å²) in [5, 5.41) is 3.02. The zero-order valence-corrected chi connectivity index (χ0v) is 11.5. The van der Waals surface area contributed by atoms with Gasteiger partial charge in [0.2, 0.25) is 0 Å². The number of esters is 1. The number of nitrogens with two attached hydrogens (primary N) is 1. The second kappa shape index (κ2) is 7.63. The molecule has 19 heavy (non-hydrogen) atoms. The van der Waals surface area contributed by atoms with E-state index in [-0.39, 0.29) is 18.3 Å². The molecule has 1 aromatic carbocycles. The fourth-order valence-electron chi connectivity index (χ4n) is 1.48. The van der Waals surface area contributed by atoms with E-state index in [9.17, 15) is 9.59 Å². The van der Waals surface area contributed by atoms with Crippen LogP contribution in [0.15, 0.2) is 18.2 Å². The summed E-state index contributed by atoms with van der Waals surface area (Å²) < 4.78 is 4.78. The third-order valence-electron chi connectivity index (χ3n) is 2.38. The van der Waals surface area contributed by atoms with Crippen molar-refractivity contribution < 1.29 is 14.3 Å². The molecule has 0 heterocycles. The van der Waals surface area contributed by atoms with Crippen LogP contribution in [0, 0.1) is 0 Å². The normalized spacial score (nSPS) is 10.0. The van der Waals surface area contributed by atoms with E-state index < -0.39 is 0 Å². The molecule has 0 radical (unpaired) electrons. The first-order chi connectivity index (χ1) is 9.04. The third-order valence-corrected chi connectivity index (χ3v) is 2.71. The Bertz CT molecular complexity index is 463. The van der Waals surface area contributed by atoms with Crippen molar-refractivity contribution in [2.75, 3.05) is 18.9 Å². The van der Waals surface area contributed by atoms with Crippen LogP contribution >= 0.6 is 11.6 Å². The lowest BCUT2D eigenvalue weighted by molar-refractivity contribution is -0.143. The van der Waals surface area contributed by atoms with Crippen molar-refractivity contribution in [2.24, 2.45) is 0 Å². The molecule has 104 valence electrons. The Morgan fingerprint density at radius 2 is 2.16 bits per heavy atom. The molecule has 0 aliphatic carbocycles. The van der Waals surface area contributed by atoms with Crippen LogP contribution < -0.4 is 11.1 Å². The van der Waals surface area contributed by atoms with Gasteiger partial charge in [0.15, 0.2) is 0 Å². The van der Waals surface area contributed by atoms with E-state index >= 15 is 0 Å². The van der Waals surface area contributed by atoms with Crippen molar-refractivity contribution in [1.82, 2.24) is 5.32 Å². The molecule has 0 aliphatic heterocycles. The fourth-order valence-corrected chi connectivity index (χ4v) is 1.68. The smallest absolute Gasteiger partial charge is 0.305 e. The van der Waals surface area contributed by atoms with Crippen LogP contribution in [0.25, 0.3) is 0 Å². The first-order valence-electron chi connectivity index (χ1n) is 6.03. The van der Waals surface area contributed by atoms with Gasteiger partial charge < -0.3 is 15.8 Å². The molecule has 6 heteroatoms. The topological polar surface area (TPSA) is 81.4 Å². The minimum Gasteiger partial charge on any atom is -0.466 e. The van der Waals surface area contributed by atoms with Crippen LogP contribution in [0.1, 0.15) is 30.1 Å². The van der Waals surface area contributed by atoms with Crippen LogP contribution in [-0.2, 0) is 9.53 Å². The summed E-state index contributed by atoms with van der Waals surface area (Å²) in [6, 6.07) is 4.72. The van der Waals surface area contributed by atoms with E-state index in [1.807, 2.05) is 0 Å². The van der Waals surface area contributed by atoms with Gasteiger partial charge in [-0.25, -0.2) is 0 Å². The molecule has 0 saturated carbocycles. The molecule has 0 unspecified atom stereocenters. The standard InChI is InChI=1S/C13H17ClN2O3/c1-2-19-12(17)4-3-7-16-13(18)10-8-9(15)5-6-11(10)14/h5-6,8H,2-4,7,15H2,1H3,(H,16,18). The van der Waals surface area contributed by atoms with Gasteiger partial charge in [0.05, 0.1) is 17.2 Å². The summed E-state index contributed by atoms with van der Waals surface area (Å²) in [4.78, 5) is 22.9. The van der Waals surface area contributed by atoms with E-state index in [1.54, 1.807) is 19.1 Å². The van der Waals surface area contributed by atoms with Crippen LogP contribution in [0.3, 0.4) is 0 Å². The average molecular weight is 285 g/mol. The Kier molecular flexibility index (Phi) is 6.15. The average Bonchev–Trinajstić information content (AvgIpc) is 2.37. The highest BCUT2D eigenvalue weighted by atomic mass is 35.5. The number of rotatable bonds is 6. The maximum Gasteiger partial charge on any atom is 0.305 e. The summed E-state index contributed by atoms with van der Waals surface area (Å²) in [5.41, 5.74) is 6.40. The van der Waals surface area contributed by atoms with Crippen molar-refractivity contribution in [1.29, 1.82) is 0 Å². The maximum absolute atomic E-state index is 11.8. The van der Waals surface area contributed by atoms with Gasteiger partial charge in [-0.1, -0.05) is 11.6 Å². The number of amides is 1. The van der Waals surface area contributed by atoms with Crippen LogP contribution in [0.2, 0.25) is 5.02 Å². The van der Waals surface area contributed by atoms with E-state index in [1.165, 1.54) is 6.07 Å². The lowest BCUT2D eigenvalue weighted by atomic mass is 10.2. The number of hydrogen-bond donors (Lipinski definition) is 2. The van der Waals surface area contributed by atoms with Crippen LogP contribution in [0.4, 0.5) is 5.69 Å². The molecular formula is C13H17ClN2O3. The minimum atomic E-state index is -0.304. The number of ether oxygens (including phenoxy) is 1. The van der Waals surface area contributed by atoms with Crippen molar-refractivity contribution in [2.45, 2.75) is 19.8 Å². The highest BCUT2D eigenvalue weighted by Crippen LogP contribution is 2.18. The lowest BCUT2D eigenvalue weighted by Crippen LogP contribution is -2.25. The van der Waals surface area contributed by atoms with Crippen molar-refractivity contribution in [3.05, 3.63) is 28.8 Å². The van der Waals surface area contributed by atoms with Crippen LogP contribution in [-0.4, -0.2) is 25.0 Å². The number of halogens is 1. The first kappa shape index (κ1) is 15.3. The van der Waals surface area contributed by atoms with E-state index in [2.05, 4.69) is 5.32 Å². The predicted octanol–water partition coefficient (Wildman–Crippen LogP) is 2.00. The number of benzene rings is 1. The largest absolute Gasteiger partial charge is 0.466 e. The molecule has 1 rings (SSSR count).